The summed E-state index contributed by atoms with van der Waals surface area (Å²) in [5.74, 6) is -0.539. The minimum Gasteiger partial charge on any atom is -0.371 e. The second-order valence-electron chi connectivity index (χ2n) is 7.28. The van der Waals surface area contributed by atoms with Crippen LogP contribution in [-0.4, -0.2) is 30.4 Å². The molecule has 134 valence electrons. The van der Waals surface area contributed by atoms with Crippen LogP contribution in [-0.2, 0) is 25.6 Å². The largest absolute Gasteiger partial charge is 0.371 e. The van der Waals surface area contributed by atoms with Gasteiger partial charge in [0.2, 0.25) is 0 Å². The van der Waals surface area contributed by atoms with E-state index in [9.17, 15) is 0 Å². The van der Waals surface area contributed by atoms with E-state index in [4.69, 9.17) is 18.9 Å². The van der Waals surface area contributed by atoms with Gasteiger partial charge in [-0.25, -0.2) is 0 Å². The number of ether oxygens (including phenoxy) is 4. The molecule has 0 aliphatic carbocycles. The number of hydrogen-bond acceptors (Lipinski definition) is 4. The van der Waals surface area contributed by atoms with Crippen molar-refractivity contribution in [2.75, 3.05) is 0 Å². The summed E-state index contributed by atoms with van der Waals surface area (Å²) in [6, 6.07) is 10.3. The van der Waals surface area contributed by atoms with Crippen LogP contribution in [0.2, 0.25) is 0 Å². The maximum atomic E-state index is 6.24. The summed E-state index contributed by atoms with van der Waals surface area (Å²) in [6.45, 7) is 6.72. The standard InChI is InChI=1S/C20H30O4/c1-4-5-7-12-16(21-14-15-10-8-6-9-11-15)17-13-18-19(22-17)24-20(2,3)23-18/h6,8-11,16-19H,4-5,7,12-14H2,1-3H3/t16-,17-,18-,19-/m1/s1. The Balaban J connectivity index is 1.56. The summed E-state index contributed by atoms with van der Waals surface area (Å²) in [5.41, 5.74) is 1.20. The van der Waals surface area contributed by atoms with Crippen molar-refractivity contribution in [3.05, 3.63) is 35.9 Å². The minimum atomic E-state index is -0.539. The molecule has 0 spiro atoms. The molecule has 0 saturated carbocycles. The Bertz CT molecular complexity index is 486. The lowest BCUT2D eigenvalue weighted by Crippen LogP contribution is -2.32. The molecule has 0 bridgehead atoms. The highest BCUT2D eigenvalue weighted by molar-refractivity contribution is 5.13. The fraction of sp³-hybridized carbons (Fsp3) is 0.700. The number of fused-ring (bicyclic) bond motifs is 1. The molecule has 2 aliphatic rings. The zero-order chi connectivity index (χ0) is 17.0. The zero-order valence-electron chi connectivity index (χ0n) is 15.1. The van der Waals surface area contributed by atoms with E-state index in [0.717, 1.165) is 12.8 Å². The first kappa shape index (κ1) is 17.9. The van der Waals surface area contributed by atoms with Crippen molar-refractivity contribution in [3.8, 4) is 0 Å². The summed E-state index contributed by atoms with van der Waals surface area (Å²) in [5, 5.41) is 0. The van der Waals surface area contributed by atoms with E-state index >= 15 is 0 Å². The van der Waals surface area contributed by atoms with E-state index < -0.39 is 5.79 Å². The average Bonchev–Trinajstić information content (AvgIpc) is 3.05. The molecule has 2 heterocycles. The molecule has 0 unspecified atom stereocenters. The third kappa shape index (κ3) is 4.57. The van der Waals surface area contributed by atoms with E-state index in [-0.39, 0.29) is 24.6 Å². The van der Waals surface area contributed by atoms with Gasteiger partial charge >= 0.3 is 0 Å². The number of benzene rings is 1. The van der Waals surface area contributed by atoms with Crippen molar-refractivity contribution >= 4 is 0 Å². The predicted octanol–water partition coefficient (Wildman–Crippen LogP) is 4.42. The van der Waals surface area contributed by atoms with Crippen molar-refractivity contribution in [1.29, 1.82) is 0 Å². The summed E-state index contributed by atoms with van der Waals surface area (Å²) >= 11 is 0. The third-order valence-corrected chi connectivity index (χ3v) is 4.73. The van der Waals surface area contributed by atoms with E-state index in [1.807, 2.05) is 32.0 Å². The van der Waals surface area contributed by atoms with Crippen molar-refractivity contribution in [1.82, 2.24) is 0 Å². The summed E-state index contributed by atoms with van der Waals surface area (Å²) in [4.78, 5) is 0. The van der Waals surface area contributed by atoms with Gasteiger partial charge in [-0.1, -0.05) is 56.5 Å². The Labute approximate surface area is 145 Å². The third-order valence-electron chi connectivity index (χ3n) is 4.73. The molecule has 4 nitrogen and oxygen atoms in total. The molecule has 2 fully saturated rings. The molecule has 4 atom stereocenters. The SMILES string of the molecule is CCCCC[C@@H](OCc1ccccc1)[C@H]1C[C@H]2OC(C)(C)O[C@H]2O1. The fourth-order valence-corrected chi connectivity index (χ4v) is 3.52. The highest BCUT2D eigenvalue weighted by Gasteiger charge is 2.50. The number of hydrogen-bond donors (Lipinski definition) is 0. The molecular weight excluding hydrogens is 304 g/mol. The fourth-order valence-electron chi connectivity index (χ4n) is 3.52. The molecule has 0 radical (unpaired) electrons. The van der Waals surface area contributed by atoms with Crippen molar-refractivity contribution in [2.45, 2.75) is 89.9 Å². The molecule has 2 saturated heterocycles. The Kier molecular flexibility index (Phi) is 5.93. The molecule has 2 aliphatic heterocycles. The second kappa shape index (κ2) is 7.96. The smallest absolute Gasteiger partial charge is 0.187 e. The van der Waals surface area contributed by atoms with Crippen molar-refractivity contribution < 1.29 is 18.9 Å². The first-order valence-electron chi connectivity index (χ1n) is 9.24. The molecular formula is C20H30O4. The summed E-state index contributed by atoms with van der Waals surface area (Å²) in [6.07, 6.45) is 5.40. The van der Waals surface area contributed by atoms with Gasteiger partial charge < -0.3 is 18.9 Å². The van der Waals surface area contributed by atoms with Gasteiger partial charge in [-0.2, -0.15) is 0 Å². The Morgan fingerprint density at radius 1 is 1.17 bits per heavy atom. The van der Waals surface area contributed by atoms with Gasteiger partial charge in [0.1, 0.15) is 6.10 Å². The van der Waals surface area contributed by atoms with Gasteiger partial charge in [-0.15, -0.1) is 0 Å². The predicted molar refractivity (Wildman–Crippen MR) is 92.5 cm³/mol. The zero-order valence-corrected chi connectivity index (χ0v) is 15.1. The lowest BCUT2D eigenvalue weighted by Gasteiger charge is -2.26. The van der Waals surface area contributed by atoms with Crippen LogP contribution >= 0.6 is 0 Å². The number of unbranched alkanes of at least 4 members (excludes halogenated alkanes) is 2. The van der Waals surface area contributed by atoms with Gasteiger partial charge in [0.15, 0.2) is 12.1 Å². The molecule has 3 rings (SSSR count). The van der Waals surface area contributed by atoms with Gasteiger partial charge in [0, 0.05) is 6.42 Å². The van der Waals surface area contributed by atoms with Gasteiger partial charge in [0.25, 0.3) is 0 Å². The lowest BCUT2D eigenvalue weighted by atomic mass is 10.0. The molecule has 24 heavy (non-hydrogen) atoms. The summed E-state index contributed by atoms with van der Waals surface area (Å²) in [7, 11) is 0. The number of rotatable bonds is 8. The Morgan fingerprint density at radius 3 is 2.67 bits per heavy atom. The van der Waals surface area contributed by atoms with Crippen LogP contribution in [0.3, 0.4) is 0 Å². The maximum absolute atomic E-state index is 6.24. The highest BCUT2D eigenvalue weighted by Crippen LogP contribution is 2.39. The summed E-state index contributed by atoms with van der Waals surface area (Å²) < 4.78 is 24.2. The first-order valence-corrected chi connectivity index (χ1v) is 9.24. The van der Waals surface area contributed by atoms with Crippen LogP contribution in [0, 0.1) is 0 Å². The second-order valence-corrected chi connectivity index (χ2v) is 7.28. The lowest BCUT2D eigenvalue weighted by molar-refractivity contribution is -0.218. The van der Waals surface area contributed by atoms with Crippen LogP contribution in [0.25, 0.3) is 0 Å². The van der Waals surface area contributed by atoms with Gasteiger partial charge in [0.05, 0.1) is 18.8 Å². The van der Waals surface area contributed by atoms with Crippen molar-refractivity contribution in [2.24, 2.45) is 0 Å². The molecule has 1 aromatic rings. The normalized spacial score (nSPS) is 29.5. The van der Waals surface area contributed by atoms with Crippen LogP contribution in [0.4, 0.5) is 0 Å². The van der Waals surface area contributed by atoms with E-state index in [0.29, 0.717) is 6.61 Å². The molecule has 0 aromatic heterocycles. The van der Waals surface area contributed by atoms with E-state index in [1.54, 1.807) is 0 Å². The Morgan fingerprint density at radius 2 is 1.96 bits per heavy atom. The molecule has 1 aromatic carbocycles. The maximum Gasteiger partial charge on any atom is 0.187 e. The topological polar surface area (TPSA) is 36.9 Å². The quantitative estimate of drug-likeness (QED) is 0.660. The molecule has 0 amide bonds. The van der Waals surface area contributed by atoms with Crippen LogP contribution in [0.5, 0.6) is 0 Å². The highest BCUT2D eigenvalue weighted by atomic mass is 16.8. The minimum absolute atomic E-state index is 0.0269. The Hall–Kier alpha value is -0.940. The van der Waals surface area contributed by atoms with Crippen LogP contribution < -0.4 is 0 Å². The van der Waals surface area contributed by atoms with Gasteiger partial charge in [-0.05, 0) is 25.8 Å². The van der Waals surface area contributed by atoms with Crippen molar-refractivity contribution in [3.63, 3.8) is 0 Å². The molecule has 4 heteroatoms. The van der Waals surface area contributed by atoms with Crippen LogP contribution in [0.15, 0.2) is 30.3 Å². The van der Waals surface area contributed by atoms with Crippen LogP contribution in [0.1, 0.15) is 58.4 Å². The van der Waals surface area contributed by atoms with E-state index in [2.05, 4.69) is 19.1 Å². The molecule has 0 N–H and O–H groups in total. The van der Waals surface area contributed by atoms with Gasteiger partial charge in [-0.3, -0.25) is 0 Å². The average molecular weight is 334 g/mol. The van der Waals surface area contributed by atoms with E-state index in [1.165, 1.54) is 24.8 Å². The first-order chi connectivity index (χ1) is 11.6. The monoisotopic (exact) mass is 334 g/mol.